The molecule has 10 rings (SSSR count). The number of alkyl halides is 3. The Morgan fingerprint density at radius 2 is 1.70 bits per heavy atom. The number of rotatable bonds is 6. The monoisotopic (exact) mass is 761 g/mol. The molecule has 2 spiro atoms. The number of hydrogen-bond donors (Lipinski definition) is 2. The Morgan fingerprint density at radius 3 is 2.44 bits per heavy atom. The van der Waals surface area contributed by atoms with Gasteiger partial charge >= 0.3 is 6.18 Å². The maximum atomic E-state index is 15.0. The average Bonchev–Trinajstić information content (AvgIpc) is 3.74. The van der Waals surface area contributed by atoms with E-state index in [-0.39, 0.29) is 45.1 Å². The number of nitrogens with zero attached hydrogens (tertiary/aromatic N) is 3. The molecule has 2 aromatic heterocycles. The van der Waals surface area contributed by atoms with Gasteiger partial charge in [0.25, 0.3) is 0 Å². The summed E-state index contributed by atoms with van der Waals surface area (Å²) in [5.41, 5.74) is -3.05. The van der Waals surface area contributed by atoms with E-state index in [1.807, 2.05) is 24.4 Å². The molecule has 3 heterocycles. The molecule has 3 saturated carbocycles. The molecule has 11 heteroatoms. The van der Waals surface area contributed by atoms with E-state index < -0.39 is 39.7 Å². The minimum Gasteiger partial charge on any atom is -0.453 e. The van der Waals surface area contributed by atoms with Gasteiger partial charge in [-0.3, -0.25) is 9.69 Å². The van der Waals surface area contributed by atoms with Crippen LogP contribution in [0.1, 0.15) is 74.9 Å². The van der Waals surface area contributed by atoms with Gasteiger partial charge in [-0.25, -0.2) is 4.98 Å². The van der Waals surface area contributed by atoms with E-state index in [0.29, 0.717) is 31.4 Å². The molecular formula is C43H47ClF3N3O4. The first-order chi connectivity index (χ1) is 25.6. The highest BCUT2D eigenvalue weighted by Crippen LogP contribution is 2.78. The number of aliphatic hydroxyl groups is 2. The number of fused-ring (bicyclic) bond motifs is 1. The Morgan fingerprint density at radius 1 is 0.963 bits per heavy atom. The van der Waals surface area contributed by atoms with E-state index in [4.69, 9.17) is 16.0 Å². The van der Waals surface area contributed by atoms with Gasteiger partial charge in [0.05, 0.1) is 22.3 Å². The van der Waals surface area contributed by atoms with Crippen LogP contribution in [-0.2, 0) is 6.18 Å². The van der Waals surface area contributed by atoms with Crippen LogP contribution in [0, 0.1) is 33.5 Å². The van der Waals surface area contributed by atoms with E-state index in [0.717, 1.165) is 69.8 Å². The molecule has 1 unspecified atom stereocenters. The third-order valence-electron chi connectivity index (χ3n) is 15.2. The van der Waals surface area contributed by atoms with E-state index in [2.05, 4.69) is 46.9 Å². The van der Waals surface area contributed by atoms with Crippen molar-refractivity contribution in [2.24, 2.45) is 33.5 Å². The predicted octanol–water partition coefficient (Wildman–Crippen LogP) is 8.61. The largest absolute Gasteiger partial charge is 0.453 e. The van der Waals surface area contributed by atoms with Crippen LogP contribution in [0.4, 0.5) is 19.0 Å². The van der Waals surface area contributed by atoms with Crippen molar-refractivity contribution in [3.8, 4) is 11.3 Å². The number of allylic oxidation sites excluding steroid dienone is 4. The fraction of sp³-hybridized carbons (Fsp3) is 0.535. The fourth-order valence-corrected chi connectivity index (χ4v) is 12.5. The van der Waals surface area contributed by atoms with Gasteiger partial charge in [0, 0.05) is 66.3 Å². The van der Waals surface area contributed by atoms with Crippen molar-refractivity contribution < 1.29 is 32.6 Å². The third kappa shape index (κ3) is 5.11. The number of aliphatic hydroxyl groups excluding tert-OH is 1. The molecule has 0 amide bonds. The van der Waals surface area contributed by atoms with Crippen LogP contribution in [-0.4, -0.2) is 70.3 Å². The molecule has 54 heavy (non-hydrogen) atoms. The molecule has 7 aliphatic rings. The second kappa shape index (κ2) is 12.3. The standard InChI is InChI=1S/C43H47ClF3N3O4/c1-38-13-10-28(51)24-40(38)16-17-42(30(25-40)37(52)33-9-8-32(54-33)29-23-27(43(45,46)47)6-7-31(29)44)34(38)11-14-39(2)35(42)12-15-41(39,53)26-49-19-21-50(22-20-49)36-5-3-4-18-48-36/h3-9,16-18,23,25,28,34-35,51,53H,10-15,19-22,24,26H2,1-2H3/t28?,34-,35-,38-,39+,40+,41-,42-/m1/s1. The SMILES string of the molecule is C[C@]12CC[C@H]3[C@]4(C=C[C@@]5(C=C4C(=O)c4ccc(-c6cc(C(F)(F)F)ccc6Cl)o4)CC(O)CC[C@]35C)[C@@H]1CC[C@@]2(O)CN1CCN(c2ccccn2)CC1. The number of furan rings is 1. The molecule has 7 nitrogen and oxygen atoms in total. The molecule has 4 fully saturated rings. The maximum absolute atomic E-state index is 15.0. The predicted molar refractivity (Wildman–Crippen MR) is 200 cm³/mol. The highest BCUT2D eigenvalue weighted by molar-refractivity contribution is 6.33. The quantitative estimate of drug-likeness (QED) is 0.192. The van der Waals surface area contributed by atoms with Gasteiger partial charge in [0.1, 0.15) is 11.6 Å². The molecular weight excluding hydrogens is 715 g/mol. The maximum Gasteiger partial charge on any atom is 0.416 e. The second-order valence-corrected chi connectivity index (χ2v) is 17.9. The number of pyridine rings is 1. The van der Waals surface area contributed by atoms with Crippen molar-refractivity contribution in [2.45, 2.75) is 76.7 Å². The summed E-state index contributed by atoms with van der Waals surface area (Å²) in [5.74, 6) is 0.854. The lowest BCUT2D eigenvalue weighted by atomic mass is 9.32. The van der Waals surface area contributed by atoms with Crippen molar-refractivity contribution in [2.75, 3.05) is 37.6 Å². The molecule has 2 N–H and O–H groups in total. The topological polar surface area (TPSA) is 90.0 Å². The van der Waals surface area contributed by atoms with Crippen molar-refractivity contribution in [1.82, 2.24) is 9.88 Å². The van der Waals surface area contributed by atoms with Gasteiger partial charge < -0.3 is 19.5 Å². The van der Waals surface area contributed by atoms with Crippen LogP contribution in [0.15, 0.2) is 82.9 Å². The van der Waals surface area contributed by atoms with E-state index >= 15 is 4.79 Å². The van der Waals surface area contributed by atoms with Crippen LogP contribution in [0.25, 0.3) is 11.3 Å². The van der Waals surface area contributed by atoms with E-state index in [1.54, 1.807) is 0 Å². The number of aromatic nitrogens is 1. The smallest absolute Gasteiger partial charge is 0.416 e. The Hall–Kier alpha value is -3.44. The van der Waals surface area contributed by atoms with Gasteiger partial charge in [0.15, 0.2) is 5.76 Å². The Balaban J connectivity index is 1.07. The fourth-order valence-electron chi connectivity index (χ4n) is 12.3. The average molecular weight is 762 g/mol. The first-order valence-corrected chi connectivity index (χ1v) is 19.7. The van der Waals surface area contributed by atoms with Crippen LogP contribution in [0.5, 0.6) is 0 Å². The summed E-state index contributed by atoms with van der Waals surface area (Å²) in [5, 5.41) is 24.0. The van der Waals surface area contributed by atoms with Crippen molar-refractivity contribution in [3.05, 3.63) is 94.9 Å². The summed E-state index contributed by atoms with van der Waals surface area (Å²) < 4.78 is 47.1. The minimum absolute atomic E-state index is 0.0377. The van der Waals surface area contributed by atoms with Gasteiger partial charge in [-0.1, -0.05) is 49.7 Å². The number of carbonyl (C=O) groups excluding carboxylic acids is 1. The number of piperazine rings is 1. The molecule has 8 atom stereocenters. The van der Waals surface area contributed by atoms with Gasteiger partial charge in [-0.05, 0) is 105 Å². The number of carbonyl (C=O) groups is 1. The number of Topliss-reactive ketones (excluding diaryl/α,β-unsaturated/α-hetero) is 1. The highest BCUT2D eigenvalue weighted by Gasteiger charge is 2.74. The van der Waals surface area contributed by atoms with Gasteiger partial charge in [0.2, 0.25) is 5.78 Å². The number of hydrogen-bond acceptors (Lipinski definition) is 7. The lowest BCUT2D eigenvalue weighted by Gasteiger charge is -2.71. The van der Waals surface area contributed by atoms with Crippen LogP contribution in [0.3, 0.4) is 0 Å². The Kier molecular flexibility index (Phi) is 8.23. The second-order valence-electron chi connectivity index (χ2n) is 17.4. The normalized spacial score (nSPS) is 37.4. The summed E-state index contributed by atoms with van der Waals surface area (Å²) in [4.78, 5) is 24.2. The van der Waals surface area contributed by atoms with Gasteiger partial charge in [-0.2, -0.15) is 13.2 Å². The number of ketones is 1. The molecule has 1 aliphatic heterocycles. The first-order valence-electron chi connectivity index (χ1n) is 19.4. The zero-order valence-electron chi connectivity index (χ0n) is 30.7. The first kappa shape index (κ1) is 36.2. The summed E-state index contributed by atoms with van der Waals surface area (Å²) in [7, 11) is 0. The number of anilines is 1. The zero-order chi connectivity index (χ0) is 37.9. The summed E-state index contributed by atoms with van der Waals surface area (Å²) in [6, 6.07) is 12.1. The van der Waals surface area contributed by atoms with Crippen LogP contribution in [0.2, 0.25) is 5.02 Å². The molecule has 1 aromatic carbocycles. The van der Waals surface area contributed by atoms with Crippen molar-refractivity contribution in [1.29, 1.82) is 0 Å². The van der Waals surface area contributed by atoms with E-state index in [9.17, 15) is 23.4 Å². The van der Waals surface area contributed by atoms with Crippen LogP contribution < -0.4 is 4.90 Å². The van der Waals surface area contributed by atoms with Gasteiger partial charge in [-0.15, -0.1) is 0 Å². The zero-order valence-corrected chi connectivity index (χ0v) is 31.5. The minimum atomic E-state index is -4.57. The Bertz CT molecular complexity index is 2040. The lowest BCUT2D eigenvalue weighted by molar-refractivity contribution is -0.176. The molecule has 1 saturated heterocycles. The number of β-amino-alcohol motifs (C(OH)–C–C–N with tert-alkyl or cyclic N) is 1. The molecule has 6 aliphatic carbocycles. The van der Waals surface area contributed by atoms with E-state index in [1.165, 1.54) is 18.2 Å². The molecule has 286 valence electrons. The third-order valence-corrected chi connectivity index (χ3v) is 15.5. The summed E-state index contributed by atoms with van der Waals surface area (Å²) in [6.07, 6.45) is 8.47. The molecule has 0 radical (unpaired) electrons. The number of benzene rings is 1. The summed E-state index contributed by atoms with van der Waals surface area (Å²) in [6.45, 7) is 8.41. The summed E-state index contributed by atoms with van der Waals surface area (Å²) >= 11 is 6.38. The van der Waals surface area contributed by atoms with Crippen molar-refractivity contribution >= 4 is 23.2 Å². The number of halogens is 4. The molecule has 3 aromatic rings. The highest BCUT2D eigenvalue weighted by atomic mass is 35.5. The van der Waals surface area contributed by atoms with Crippen molar-refractivity contribution in [3.63, 3.8) is 0 Å². The van der Waals surface area contributed by atoms with Crippen LogP contribution >= 0.6 is 11.6 Å². The Labute approximate surface area is 318 Å². The lowest BCUT2D eigenvalue weighted by Crippen LogP contribution is -2.67. The molecule has 2 bridgehead atoms.